The van der Waals surface area contributed by atoms with E-state index in [2.05, 4.69) is 6.58 Å². The Hall–Kier alpha value is -1.36. The zero-order chi connectivity index (χ0) is 13.2. The number of carbonyl (C=O) groups is 2. The summed E-state index contributed by atoms with van der Waals surface area (Å²) in [6, 6.07) is -0.484. The van der Waals surface area contributed by atoms with Gasteiger partial charge in [0.2, 0.25) is 5.91 Å². The zero-order valence-corrected chi connectivity index (χ0v) is 10.5. The van der Waals surface area contributed by atoms with Gasteiger partial charge in [0.15, 0.2) is 0 Å². The molecule has 96 valence electrons. The molecule has 1 saturated heterocycles. The number of hydrogen-bond acceptors (Lipinski definition) is 4. The van der Waals surface area contributed by atoms with E-state index >= 15 is 0 Å². The van der Waals surface area contributed by atoms with Gasteiger partial charge in [-0.2, -0.15) is 0 Å². The van der Waals surface area contributed by atoms with Crippen LogP contribution in [0.15, 0.2) is 12.3 Å². The van der Waals surface area contributed by atoms with Crippen molar-refractivity contribution >= 4 is 12.0 Å². The Morgan fingerprint density at radius 1 is 1.65 bits per heavy atom. The van der Waals surface area contributed by atoms with Crippen molar-refractivity contribution in [2.75, 3.05) is 6.61 Å². The van der Waals surface area contributed by atoms with E-state index in [0.29, 0.717) is 6.42 Å². The second-order valence-electron chi connectivity index (χ2n) is 4.70. The highest BCUT2D eigenvalue weighted by Crippen LogP contribution is 2.30. The van der Waals surface area contributed by atoms with Crippen molar-refractivity contribution in [1.82, 2.24) is 4.90 Å². The number of carbonyl (C=O) groups excluding carboxylic acids is 2. The van der Waals surface area contributed by atoms with Crippen LogP contribution in [0.25, 0.3) is 0 Å². The van der Waals surface area contributed by atoms with Crippen LogP contribution >= 0.6 is 0 Å². The van der Waals surface area contributed by atoms with E-state index in [0.717, 1.165) is 4.90 Å². The van der Waals surface area contributed by atoms with Crippen molar-refractivity contribution in [3.63, 3.8) is 0 Å². The van der Waals surface area contributed by atoms with Crippen LogP contribution in [0.3, 0.4) is 0 Å². The van der Waals surface area contributed by atoms with Gasteiger partial charge in [-0.05, 0) is 19.3 Å². The van der Waals surface area contributed by atoms with Gasteiger partial charge in [-0.25, -0.2) is 9.69 Å². The van der Waals surface area contributed by atoms with Crippen LogP contribution in [0.1, 0.15) is 27.2 Å². The third-order valence-corrected chi connectivity index (χ3v) is 2.92. The van der Waals surface area contributed by atoms with Gasteiger partial charge in [-0.1, -0.05) is 20.4 Å². The molecular weight excluding hydrogens is 222 g/mol. The molecule has 2 amide bonds. The molecular formula is C12H19NO4. The molecule has 1 rings (SSSR count). The van der Waals surface area contributed by atoms with Gasteiger partial charge in [0.1, 0.15) is 0 Å². The topological polar surface area (TPSA) is 66.8 Å². The summed E-state index contributed by atoms with van der Waals surface area (Å²) in [7, 11) is 0. The highest BCUT2D eigenvalue weighted by molar-refractivity contribution is 5.95. The predicted molar refractivity (Wildman–Crippen MR) is 62.0 cm³/mol. The van der Waals surface area contributed by atoms with Crippen LogP contribution in [0, 0.1) is 11.8 Å². The minimum absolute atomic E-state index is 0.138. The molecule has 1 heterocycles. The minimum atomic E-state index is -0.746. The molecule has 0 aromatic carbocycles. The van der Waals surface area contributed by atoms with Crippen LogP contribution in [0.4, 0.5) is 4.79 Å². The van der Waals surface area contributed by atoms with Gasteiger partial charge in [0.25, 0.3) is 0 Å². The summed E-state index contributed by atoms with van der Waals surface area (Å²) in [6.45, 7) is 8.59. The number of likely N-dealkylation sites (tertiary alicyclic amines) is 1. The Labute approximate surface area is 101 Å². The largest absolute Gasteiger partial charge is 0.421 e. The van der Waals surface area contributed by atoms with E-state index in [1.54, 1.807) is 0 Å². The first-order valence-electron chi connectivity index (χ1n) is 5.69. The molecule has 0 aliphatic carbocycles. The third-order valence-electron chi connectivity index (χ3n) is 2.92. The van der Waals surface area contributed by atoms with E-state index in [9.17, 15) is 14.7 Å². The minimum Gasteiger partial charge on any atom is -0.415 e. The number of ether oxygens (including phenoxy) is 1. The lowest BCUT2D eigenvalue weighted by atomic mass is 9.93. The van der Waals surface area contributed by atoms with E-state index < -0.39 is 12.1 Å². The van der Waals surface area contributed by atoms with Crippen molar-refractivity contribution in [3.8, 4) is 0 Å². The maximum Gasteiger partial charge on any atom is 0.421 e. The fraction of sp³-hybridized carbons (Fsp3) is 0.667. The van der Waals surface area contributed by atoms with Crippen molar-refractivity contribution in [2.24, 2.45) is 11.8 Å². The molecule has 5 nitrogen and oxygen atoms in total. The molecule has 2 atom stereocenters. The van der Waals surface area contributed by atoms with Crippen LogP contribution in [-0.4, -0.2) is 34.7 Å². The summed E-state index contributed by atoms with van der Waals surface area (Å²) in [5.41, 5.74) is 0. The highest BCUT2D eigenvalue weighted by atomic mass is 16.6. The molecule has 1 N–H and O–H groups in total. The molecule has 1 aliphatic heterocycles. The molecule has 0 aromatic heterocycles. The quantitative estimate of drug-likeness (QED) is 0.761. The van der Waals surface area contributed by atoms with Gasteiger partial charge < -0.3 is 9.84 Å². The summed E-state index contributed by atoms with van der Waals surface area (Å²) >= 11 is 0. The normalized spacial score (nSPS) is 24.3. The fourth-order valence-corrected chi connectivity index (χ4v) is 2.01. The van der Waals surface area contributed by atoms with Crippen LogP contribution < -0.4 is 0 Å². The van der Waals surface area contributed by atoms with Gasteiger partial charge in [0, 0.05) is 5.92 Å². The number of aliphatic hydroxyl groups is 1. The lowest BCUT2D eigenvalue weighted by Gasteiger charge is -2.20. The van der Waals surface area contributed by atoms with Gasteiger partial charge >= 0.3 is 6.09 Å². The van der Waals surface area contributed by atoms with Gasteiger partial charge in [-0.3, -0.25) is 4.79 Å². The Balaban J connectivity index is 2.85. The molecule has 0 saturated carbocycles. The standard InChI is InChI=1S/C12H19NO4/c1-7(2)10-5-9(6-14)13(11(10)15)12(16)17-8(3)4/h7,9-10,14H,3,5-6H2,1-2,4H3/t9-,10-/m0/s1. The van der Waals surface area contributed by atoms with Crippen LogP contribution in [-0.2, 0) is 9.53 Å². The van der Waals surface area contributed by atoms with Gasteiger partial charge in [-0.15, -0.1) is 0 Å². The number of hydrogen-bond donors (Lipinski definition) is 1. The Morgan fingerprint density at radius 2 is 2.24 bits per heavy atom. The lowest BCUT2D eigenvalue weighted by Crippen LogP contribution is -2.41. The molecule has 17 heavy (non-hydrogen) atoms. The average molecular weight is 241 g/mol. The van der Waals surface area contributed by atoms with Crippen molar-refractivity contribution in [3.05, 3.63) is 12.3 Å². The fourth-order valence-electron chi connectivity index (χ4n) is 2.01. The summed E-state index contributed by atoms with van der Waals surface area (Å²) in [5.74, 6) is -0.137. The van der Waals surface area contributed by atoms with E-state index in [-0.39, 0.29) is 30.1 Å². The first-order valence-corrected chi connectivity index (χ1v) is 5.69. The summed E-state index contributed by atoms with van der Waals surface area (Å²) < 4.78 is 4.83. The maximum absolute atomic E-state index is 12.0. The van der Waals surface area contributed by atoms with E-state index in [1.165, 1.54) is 6.92 Å². The Morgan fingerprint density at radius 3 is 2.65 bits per heavy atom. The van der Waals surface area contributed by atoms with E-state index in [4.69, 9.17) is 4.74 Å². The molecule has 1 aliphatic rings. The van der Waals surface area contributed by atoms with Crippen LogP contribution in [0.2, 0.25) is 0 Å². The van der Waals surface area contributed by atoms with Gasteiger partial charge in [0.05, 0.1) is 18.4 Å². The molecule has 0 unspecified atom stereocenters. The molecule has 0 bridgehead atoms. The number of amides is 2. The number of allylic oxidation sites excluding steroid dienone is 1. The van der Waals surface area contributed by atoms with Crippen molar-refractivity contribution < 1.29 is 19.4 Å². The number of aliphatic hydroxyl groups excluding tert-OH is 1. The first kappa shape index (κ1) is 13.7. The Kier molecular flexibility index (Phi) is 4.28. The Bertz CT molecular complexity index is 337. The zero-order valence-electron chi connectivity index (χ0n) is 10.5. The second-order valence-corrected chi connectivity index (χ2v) is 4.70. The number of imide groups is 1. The number of rotatable bonds is 3. The SMILES string of the molecule is C=C(C)OC(=O)N1C(=O)[C@H](C(C)C)C[C@H]1CO. The summed E-state index contributed by atoms with van der Waals surface area (Å²) in [6.07, 6.45) is -0.261. The van der Waals surface area contributed by atoms with Crippen molar-refractivity contribution in [1.29, 1.82) is 0 Å². The molecule has 0 spiro atoms. The monoisotopic (exact) mass is 241 g/mol. The third kappa shape index (κ3) is 2.85. The lowest BCUT2D eigenvalue weighted by molar-refractivity contribution is -0.131. The average Bonchev–Trinajstić information content (AvgIpc) is 2.54. The molecule has 1 fully saturated rings. The summed E-state index contributed by atoms with van der Waals surface area (Å²) in [4.78, 5) is 24.8. The summed E-state index contributed by atoms with van der Waals surface area (Å²) in [5, 5.41) is 9.21. The highest BCUT2D eigenvalue weighted by Gasteiger charge is 2.44. The smallest absolute Gasteiger partial charge is 0.415 e. The molecule has 0 radical (unpaired) electrons. The van der Waals surface area contributed by atoms with E-state index in [1.807, 2.05) is 13.8 Å². The van der Waals surface area contributed by atoms with Crippen molar-refractivity contribution in [2.45, 2.75) is 33.2 Å². The van der Waals surface area contributed by atoms with Crippen LogP contribution in [0.5, 0.6) is 0 Å². The molecule has 0 aromatic rings. The first-order chi connectivity index (χ1) is 7.88. The number of nitrogens with zero attached hydrogens (tertiary/aromatic N) is 1. The predicted octanol–water partition coefficient (Wildman–Crippen LogP) is 1.52. The molecule has 5 heteroatoms. The maximum atomic E-state index is 12.0. The second kappa shape index (κ2) is 5.31.